The van der Waals surface area contributed by atoms with Crippen LogP contribution in [0.25, 0.3) is 6.08 Å². The number of benzene rings is 3. The average Bonchev–Trinajstić information content (AvgIpc) is 2.82. The molecule has 0 aliphatic carbocycles. The van der Waals surface area contributed by atoms with Crippen molar-refractivity contribution in [2.75, 3.05) is 4.90 Å². The molecule has 0 saturated carbocycles. The van der Waals surface area contributed by atoms with Crippen LogP contribution in [0.4, 0.5) is 10.5 Å². The number of hydrogen-bond donors (Lipinski definition) is 2. The summed E-state index contributed by atoms with van der Waals surface area (Å²) in [6.45, 7) is 0.149. The van der Waals surface area contributed by atoms with Gasteiger partial charge in [-0.25, -0.2) is 14.5 Å². The maximum atomic E-state index is 13.0. The Morgan fingerprint density at radius 2 is 1.69 bits per heavy atom. The number of nitrogens with one attached hydrogen (secondary N) is 1. The maximum Gasteiger partial charge on any atom is 0.335 e. The van der Waals surface area contributed by atoms with Gasteiger partial charge in [0, 0.05) is 0 Å². The van der Waals surface area contributed by atoms with Crippen LogP contribution in [0.5, 0.6) is 5.75 Å². The molecule has 1 aliphatic rings. The van der Waals surface area contributed by atoms with Gasteiger partial charge in [0.25, 0.3) is 11.8 Å². The van der Waals surface area contributed by atoms with E-state index in [1.165, 1.54) is 36.4 Å². The molecule has 3 aromatic carbocycles. The van der Waals surface area contributed by atoms with E-state index in [4.69, 9.17) is 33.0 Å². The van der Waals surface area contributed by atoms with Crippen LogP contribution in [-0.4, -0.2) is 28.9 Å². The minimum atomic E-state index is -1.02. The number of rotatable bonds is 6. The fourth-order valence-electron chi connectivity index (χ4n) is 3.30. The standard InChI is InChI=1S/C25H16Cl2N2O6/c26-18-3-1-2-4-20(18)29-23(31)17(22(30)28-25(29)34)11-15-7-10-21(19(27)12-15)35-13-14-5-8-16(9-6-14)24(32)33/h1-12H,13H2,(H,32,33)(H,28,30,34)/b17-11+. The SMILES string of the molecule is O=C1NC(=O)N(c2ccccc2Cl)C(=O)/C1=C/c1ccc(OCc2ccc(C(=O)O)cc2)c(Cl)c1. The highest BCUT2D eigenvalue weighted by molar-refractivity contribution is 6.42. The number of urea groups is 1. The van der Waals surface area contributed by atoms with Gasteiger partial charge in [-0.1, -0.05) is 53.5 Å². The van der Waals surface area contributed by atoms with Crippen molar-refractivity contribution in [3.05, 3.63) is 99.0 Å². The van der Waals surface area contributed by atoms with Crippen LogP contribution < -0.4 is 15.0 Å². The van der Waals surface area contributed by atoms with Crippen LogP contribution in [-0.2, 0) is 16.2 Å². The second-order valence-corrected chi connectivity index (χ2v) is 8.20. The summed E-state index contributed by atoms with van der Waals surface area (Å²) in [5.74, 6) is -2.34. The Morgan fingerprint density at radius 3 is 2.34 bits per heavy atom. The van der Waals surface area contributed by atoms with Gasteiger partial charge in [0.2, 0.25) is 0 Å². The molecule has 3 aromatic rings. The summed E-state index contributed by atoms with van der Waals surface area (Å²) in [4.78, 5) is 49.5. The minimum Gasteiger partial charge on any atom is -0.487 e. The van der Waals surface area contributed by atoms with E-state index in [9.17, 15) is 19.2 Å². The van der Waals surface area contributed by atoms with Gasteiger partial charge in [-0.15, -0.1) is 0 Å². The second-order valence-electron chi connectivity index (χ2n) is 7.39. The van der Waals surface area contributed by atoms with Crippen LogP contribution in [0.15, 0.2) is 72.3 Å². The summed E-state index contributed by atoms with van der Waals surface area (Å²) in [6.07, 6.45) is 1.31. The molecule has 4 rings (SSSR count). The van der Waals surface area contributed by atoms with Gasteiger partial charge in [-0.2, -0.15) is 0 Å². The van der Waals surface area contributed by atoms with Crippen molar-refractivity contribution in [2.24, 2.45) is 0 Å². The molecule has 0 radical (unpaired) electrons. The first kappa shape index (κ1) is 24.0. The first-order valence-electron chi connectivity index (χ1n) is 10.1. The number of carboxylic acid groups (broad SMARTS) is 1. The maximum absolute atomic E-state index is 13.0. The highest BCUT2D eigenvalue weighted by Gasteiger charge is 2.37. The number of barbiturate groups is 1. The predicted octanol–water partition coefficient (Wildman–Crippen LogP) is 4.94. The lowest BCUT2D eigenvalue weighted by Gasteiger charge is -2.27. The molecule has 0 unspecified atom stereocenters. The van der Waals surface area contributed by atoms with Gasteiger partial charge in [0.05, 0.1) is 21.3 Å². The number of anilines is 1. The number of hydrogen-bond acceptors (Lipinski definition) is 5. The zero-order valence-corrected chi connectivity index (χ0v) is 19.3. The molecule has 1 aliphatic heterocycles. The number of carboxylic acids is 1. The number of para-hydroxylation sites is 1. The van der Waals surface area contributed by atoms with E-state index >= 15 is 0 Å². The molecule has 1 fully saturated rings. The number of halogens is 2. The van der Waals surface area contributed by atoms with Crippen LogP contribution in [0, 0.1) is 0 Å². The van der Waals surface area contributed by atoms with E-state index in [1.54, 1.807) is 36.4 Å². The Kier molecular flexibility index (Phi) is 6.86. The second kappa shape index (κ2) is 10.0. The lowest BCUT2D eigenvalue weighted by Crippen LogP contribution is -2.54. The lowest BCUT2D eigenvalue weighted by molar-refractivity contribution is -0.122. The first-order valence-corrected chi connectivity index (χ1v) is 10.9. The van der Waals surface area contributed by atoms with Gasteiger partial charge in [-0.3, -0.25) is 14.9 Å². The molecule has 176 valence electrons. The lowest BCUT2D eigenvalue weighted by atomic mass is 10.1. The van der Waals surface area contributed by atoms with Crippen LogP contribution >= 0.6 is 23.2 Å². The summed E-state index contributed by atoms with van der Waals surface area (Å²) in [5, 5.41) is 11.5. The largest absolute Gasteiger partial charge is 0.487 e. The number of imide groups is 2. The molecule has 0 spiro atoms. The molecular weight excluding hydrogens is 495 g/mol. The minimum absolute atomic E-state index is 0.147. The van der Waals surface area contributed by atoms with E-state index < -0.39 is 23.8 Å². The third kappa shape index (κ3) is 5.18. The summed E-state index contributed by atoms with van der Waals surface area (Å²) in [6, 6.07) is 16.3. The summed E-state index contributed by atoms with van der Waals surface area (Å²) >= 11 is 12.5. The average molecular weight is 511 g/mol. The number of amides is 4. The van der Waals surface area contributed by atoms with Gasteiger partial charge >= 0.3 is 12.0 Å². The number of carbonyl (C=O) groups excluding carboxylic acids is 3. The highest BCUT2D eigenvalue weighted by atomic mass is 35.5. The summed E-state index contributed by atoms with van der Waals surface area (Å²) in [5.41, 5.74) is 1.22. The van der Waals surface area contributed by atoms with Crippen LogP contribution in [0.1, 0.15) is 21.5 Å². The molecule has 0 atom stereocenters. The molecule has 8 nitrogen and oxygen atoms in total. The molecule has 1 heterocycles. The van der Waals surface area contributed by atoms with Gasteiger partial charge in [-0.05, 0) is 53.6 Å². The van der Waals surface area contributed by atoms with Crippen molar-refractivity contribution < 1.29 is 29.0 Å². The van der Waals surface area contributed by atoms with Crippen molar-refractivity contribution in [1.82, 2.24) is 5.32 Å². The topological polar surface area (TPSA) is 113 Å². The van der Waals surface area contributed by atoms with Gasteiger partial charge in [0.1, 0.15) is 17.9 Å². The van der Waals surface area contributed by atoms with Gasteiger partial charge in [0.15, 0.2) is 0 Å². The van der Waals surface area contributed by atoms with Crippen LogP contribution in [0.2, 0.25) is 10.0 Å². The molecule has 0 aromatic heterocycles. The quantitative estimate of drug-likeness (QED) is 0.358. The van der Waals surface area contributed by atoms with Crippen molar-refractivity contribution in [1.29, 1.82) is 0 Å². The zero-order valence-electron chi connectivity index (χ0n) is 17.8. The molecule has 0 bridgehead atoms. The van der Waals surface area contributed by atoms with Crippen LogP contribution in [0.3, 0.4) is 0 Å². The number of aromatic carboxylic acids is 1. The Labute approximate surface area is 209 Å². The third-order valence-electron chi connectivity index (χ3n) is 5.06. The summed E-state index contributed by atoms with van der Waals surface area (Å²) < 4.78 is 5.70. The molecular formula is C25H16Cl2N2O6. The van der Waals surface area contributed by atoms with E-state index in [0.717, 1.165) is 10.5 Å². The Hall–Kier alpha value is -4.14. The number of carbonyl (C=O) groups is 4. The fraction of sp³-hybridized carbons (Fsp3) is 0.0400. The molecule has 1 saturated heterocycles. The first-order chi connectivity index (χ1) is 16.7. The summed E-state index contributed by atoms with van der Waals surface area (Å²) in [7, 11) is 0. The Morgan fingerprint density at radius 1 is 0.971 bits per heavy atom. The molecule has 4 amide bonds. The van der Waals surface area contributed by atoms with Crippen molar-refractivity contribution in [3.63, 3.8) is 0 Å². The van der Waals surface area contributed by atoms with Crippen molar-refractivity contribution in [3.8, 4) is 5.75 Å². The zero-order chi connectivity index (χ0) is 25.1. The normalized spacial score (nSPS) is 14.7. The molecule has 10 heteroatoms. The Balaban J connectivity index is 1.53. The van der Waals surface area contributed by atoms with E-state index in [2.05, 4.69) is 5.32 Å². The third-order valence-corrected chi connectivity index (χ3v) is 5.67. The molecule has 35 heavy (non-hydrogen) atoms. The van der Waals surface area contributed by atoms with Gasteiger partial charge < -0.3 is 9.84 Å². The van der Waals surface area contributed by atoms with E-state index in [0.29, 0.717) is 11.3 Å². The smallest absolute Gasteiger partial charge is 0.335 e. The Bertz CT molecular complexity index is 1380. The van der Waals surface area contributed by atoms with Crippen molar-refractivity contribution in [2.45, 2.75) is 6.61 Å². The highest BCUT2D eigenvalue weighted by Crippen LogP contribution is 2.30. The monoisotopic (exact) mass is 510 g/mol. The molecule has 2 N–H and O–H groups in total. The van der Waals surface area contributed by atoms with E-state index in [1.807, 2.05) is 0 Å². The number of nitrogens with zero attached hydrogens (tertiary/aromatic N) is 1. The number of ether oxygens (including phenoxy) is 1. The van der Waals surface area contributed by atoms with Crippen molar-refractivity contribution >= 4 is 58.8 Å². The predicted molar refractivity (Wildman–Crippen MR) is 130 cm³/mol. The van der Waals surface area contributed by atoms with E-state index in [-0.39, 0.29) is 33.5 Å². The fourth-order valence-corrected chi connectivity index (χ4v) is 3.77.